The van der Waals surface area contributed by atoms with Crippen molar-refractivity contribution in [1.82, 2.24) is 15.0 Å². The zero-order chi connectivity index (χ0) is 57.8. The number of aromatic nitrogens is 6. The first kappa shape index (κ1) is 55.5. The van der Waals surface area contributed by atoms with E-state index in [0.717, 1.165) is 152 Å². The lowest BCUT2D eigenvalue weighted by molar-refractivity contribution is -0.538. The van der Waals surface area contributed by atoms with E-state index in [1.54, 1.807) is 0 Å². The molecule has 0 fully saturated rings. The zero-order valence-corrected chi connectivity index (χ0v) is 49.8. The maximum Gasteiger partial charge on any atom is 0.239 e. The van der Waals surface area contributed by atoms with Crippen molar-refractivity contribution >= 4 is 88.9 Å². The second kappa shape index (κ2) is 24.4. The first-order chi connectivity index (χ1) is 40.9. The van der Waals surface area contributed by atoms with Gasteiger partial charge in [-0.1, -0.05) is 93.1 Å². The summed E-state index contributed by atoms with van der Waals surface area (Å²) in [6, 6.07) is 58.7. The Balaban J connectivity index is 0.662. The molecular weight excluding hydrogens is 1030 g/mol. The summed E-state index contributed by atoms with van der Waals surface area (Å²) in [5, 5.41) is 7.58. The molecule has 84 heavy (non-hydrogen) atoms. The lowest BCUT2D eigenvalue weighted by atomic mass is 9.98. The van der Waals surface area contributed by atoms with Gasteiger partial charge in [-0.3, -0.25) is 0 Å². The van der Waals surface area contributed by atoms with Crippen molar-refractivity contribution in [2.45, 2.75) is 119 Å². The van der Waals surface area contributed by atoms with Crippen molar-refractivity contribution in [2.24, 2.45) is 0 Å². The molecule has 0 bridgehead atoms. The van der Waals surface area contributed by atoms with E-state index in [2.05, 4.69) is 216 Å². The molecule has 0 saturated heterocycles. The monoisotopic (exact) mass is 1110 g/mol. The summed E-state index contributed by atoms with van der Waals surface area (Å²) in [5.74, 6) is 0. The van der Waals surface area contributed by atoms with Crippen LogP contribution in [0, 0.1) is 41.5 Å². The molecule has 0 aliphatic rings. The van der Waals surface area contributed by atoms with Crippen LogP contribution in [0.5, 0.6) is 0 Å². The van der Waals surface area contributed by atoms with Crippen molar-refractivity contribution < 1.29 is 13.7 Å². The van der Waals surface area contributed by atoms with Crippen molar-refractivity contribution in [3.63, 3.8) is 0 Å². The summed E-state index contributed by atoms with van der Waals surface area (Å²) >= 11 is 0. The minimum atomic E-state index is 0.772. The van der Waals surface area contributed by atoms with E-state index in [9.17, 15) is 0 Å². The fourth-order valence-electron chi connectivity index (χ4n) is 12.5. The summed E-state index contributed by atoms with van der Waals surface area (Å²) in [7, 11) is 0. The fourth-order valence-corrected chi connectivity index (χ4v) is 12.5. The number of nitrogens with zero attached hydrogens (tertiary/aromatic N) is 6. The molecule has 3 heterocycles. The van der Waals surface area contributed by atoms with Gasteiger partial charge in [0.2, 0.25) is 50.2 Å². The number of benzene rings is 9. The number of aryl methyl sites for hydroxylation is 8. The normalized spacial score (nSPS) is 11.7. The number of nitrogens with two attached hydrogens (primary N) is 2. The highest BCUT2D eigenvalue weighted by Crippen LogP contribution is 2.30. The maximum atomic E-state index is 6.46. The van der Waals surface area contributed by atoms with Crippen molar-refractivity contribution in [3.8, 4) is 17.1 Å². The molecule has 0 aliphatic carbocycles. The van der Waals surface area contributed by atoms with Gasteiger partial charge in [0, 0.05) is 109 Å². The smallest absolute Gasteiger partial charge is 0.239 e. The van der Waals surface area contributed by atoms with Crippen LogP contribution < -0.4 is 35.8 Å². The van der Waals surface area contributed by atoms with E-state index in [0.29, 0.717) is 0 Å². The third kappa shape index (κ3) is 11.5. The average molecular weight is 1110 g/mol. The lowest BCUT2D eigenvalue weighted by Gasteiger charge is -2.13. The Kier molecular flexibility index (Phi) is 16.1. The molecule has 10 nitrogen and oxygen atoms in total. The molecule has 12 rings (SSSR count). The largest absolute Gasteiger partial charge is 0.398 e. The van der Waals surface area contributed by atoms with Crippen LogP contribution in [0.15, 0.2) is 164 Å². The van der Waals surface area contributed by atoms with Crippen molar-refractivity contribution in [1.29, 1.82) is 0 Å². The van der Waals surface area contributed by atoms with Gasteiger partial charge in [0.25, 0.3) is 0 Å². The number of hydrogen-bond acceptors (Lipinski definition) is 7. The van der Waals surface area contributed by atoms with Crippen molar-refractivity contribution in [2.75, 3.05) is 35.2 Å². The quantitative estimate of drug-likeness (QED) is 0.0244. The van der Waals surface area contributed by atoms with Gasteiger partial charge in [0.05, 0.1) is 0 Å². The van der Waals surface area contributed by atoms with Gasteiger partial charge >= 0.3 is 0 Å². The number of anilines is 4. The van der Waals surface area contributed by atoms with Gasteiger partial charge in [-0.2, -0.15) is 0 Å². The van der Waals surface area contributed by atoms with Crippen LogP contribution in [0.3, 0.4) is 0 Å². The molecule has 9 aromatic carbocycles. The predicted octanol–water partition coefficient (Wildman–Crippen LogP) is 15.8. The Hall–Kier alpha value is -9.02. The highest BCUT2D eigenvalue weighted by atomic mass is 15.0. The Morgan fingerprint density at radius 2 is 0.595 bits per heavy atom. The predicted molar refractivity (Wildman–Crippen MR) is 350 cm³/mol. The molecule has 0 radical (unpaired) electrons. The van der Waals surface area contributed by atoms with Gasteiger partial charge in [-0.15, -0.1) is 13.7 Å². The SMILES string of the molecule is Cc1cc2nc3cc(C)c(NCCCCCCCc4cc5c(cc4C)nc4cc(C)c(CCCCCCCNc6cc7c(cc6C)nc6cc(C)c(N)cc6[n+]7-c6ccccc6)cc4[n+]5-c4ccccc4)cc3[n+](-c3ccccc3)c2cc1N. The minimum absolute atomic E-state index is 0.772. The first-order valence-electron chi connectivity index (χ1n) is 30.5. The van der Waals surface area contributed by atoms with Crippen LogP contribution in [0.25, 0.3) is 83.3 Å². The summed E-state index contributed by atoms with van der Waals surface area (Å²) in [5.41, 5.74) is 42.4. The van der Waals surface area contributed by atoms with Gasteiger partial charge in [-0.25, -0.2) is 15.0 Å². The zero-order valence-electron chi connectivity index (χ0n) is 49.8. The van der Waals surface area contributed by atoms with E-state index < -0.39 is 0 Å². The molecule has 3 aromatic heterocycles. The molecule has 0 spiro atoms. The highest BCUT2D eigenvalue weighted by molar-refractivity contribution is 5.89. The molecule has 6 N–H and O–H groups in total. The summed E-state index contributed by atoms with van der Waals surface area (Å²) < 4.78 is 7.05. The van der Waals surface area contributed by atoms with Crippen LogP contribution in [0.1, 0.15) is 109 Å². The first-order valence-corrected chi connectivity index (χ1v) is 30.5. The summed E-state index contributed by atoms with van der Waals surface area (Å²) in [6.45, 7) is 14.8. The number of unbranched alkanes of at least 4 members (excludes halogenated alkanes) is 8. The van der Waals surface area contributed by atoms with E-state index in [4.69, 9.17) is 26.4 Å². The molecule has 422 valence electrons. The van der Waals surface area contributed by atoms with E-state index in [-0.39, 0.29) is 0 Å². The number of nitrogen functional groups attached to an aromatic ring is 2. The fraction of sp³-hybridized carbons (Fsp3) is 0.270. The molecule has 0 aliphatic heterocycles. The Labute approximate surface area is 494 Å². The van der Waals surface area contributed by atoms with E-state index >= 15 is 0 Å². The Morgan fingerprint density at radius 1 is 0.310 bits per heavy atom. The van der Waals surface area contributed by atoms with Crippen LogP contribution in [0.2, 0.25) is 0 Å². The molecule has 0 unspecified atom stereocenters. The van der Waals surface area contributed by atoms with Crippen LogP contribution in [-0.2, 0) is 12.8 Å². The van der Waals surface area contributed by atoms with Crippen LogP contribution in [0.4, 0.5) is 22.7 Å². The molecule has 0 amide bonds. The van der Waals surface area contributed by atoms with Crippen molar-refractivity contribution in [3.05, 3.63) is 208 Å². The summed E-state index contributed by atoms with van der Waals surface area (Å²) in [4.78, 5) is 15.6. The van der Waals surface area contributed by atoms with Gasteiger partial charge < -0.3 is 22.1 Å². The number of nitrogens with one attached hydrogen (secondary N) is 2. The number of hydrogen-bond donors (Lipinski definition) is 4. The topological polar surface area (TPSA) is 126 Å². The second-order valence-corrected chi connectivity index (χ2v) is 23.5. The van der Waals surface area contributed by atoms with Gasteiger partial charge in [0.15, 0.2) is 0 Å². The number of para-hydroxylation sites is 3. The minimum Gasteiger partial charge on any atom is -0.398 e. The number of rotatable bonds is 21. The Morgan fingerprint density at radius 3 is 0.952 bits per heavy atom. The molecule has 12 aromatic rings. The third-order valence-electron chi connectivity index (χ3n) is 17.3. The lowest BCUT2D eigenvalue weighted by Crippen LogP contribution is -2.33. The van der Waals surface area contributed by atoms with Gasteiger partial charge in [0.1, 0.15) is 33.1 Å². The summed E-state index contributed by atoms with van der Waals surface area (Å²) in [6.07, 6.45) is 13.8. The number of fused-ring (bicyclic) bond motifs is 6. The van der Waals surface area contributed by atoms with Crippen LogP contribution in [-0.4, -0.2) is 28.0 Å². The molecule has 10 heteroatoms. The standard InChI is InChI=1S/C74H77N10/c1-48-36-63-69(42-54(48)26-16-9-7-11-24-34-77-61-46-73-67(40-52(61)5)80-65-38-50(3)59(75)44-71(65)83(73)57-30-20-14-21-31-57)82(56-28-18-13-19-29-56)70-43-55(49(2)37-64(70)79-63)27-17-10-8-12-25-35-78-62-47-74-68(41-53(62)6)81-66-39-51(4)60(76)45-72(66)84(74)58-32-22-15-23-33-58/h13-15,18-23,28-33,36-47H,7-12,16-17,24-27,34-35H2,1-6H3,(H4,75,76,77,78)/q+1/p+2. The average Bonchev–Trinajstić information content (AvgIpc) is 1.14. The van der Waals surface area contributed by atoms with E-state index in [1.165, 1.54) is 88.6 Å². The molecular formula is C74H79N10+3. The molecule has 0 atom stereocenters. The van der Waals surface area contributed by atoms with Crippen LogP contribution >= 0.6 is 0 Å². The van der Waals surface area contributed by atoms with Gasteiger partial charge in [-0.05, 0) is 161 Å². The van der Waals surface area contributed by atoms with E-state index in [1.807, 2.05) is 13.8 Å². The highest BCUT2D eigenvalue weighted by Gasteiger charge is 2.26. The third-order valence-corrected chi connectivity index (χ3v) is 17.3. The maximum absolute atomic E-state index is 6.46. The Bertz CT molecular complexity index is 4150. The molecule has 0 saturated carbocycles. The second-order valence-electron chi connectivity index (χ2n) is 23.5.